The Bertz CT molecular complexity index is 256. The average Bonchev–Trinajstić information content (AvgIpc) is 2.47. The van der Waals surface area contributed by atoms with Gasteiger partial charge >= 0.3 is 0 Å². The molecule has 0 aliphatic carbocycles. The molecule has 3 N–H and O–H groups in total. The summed E-state index contributed by atoms with van der Waals surface area (Å²) in [5.74, 6) is 0. The molecule has 0 radical (unpaired) electrons. The molecule has 0 aromatic heterocycles. The molecule has 2 unspecified atom stereocenters. The van der Waals surface area contributed by atoms with E-state index in [1.807, 2.05) is 0 Å². The van der Waals surface area contributed by atoms with E-state index in [1.54, 1.807) is 0 Å². The van der Waals surface area contributed by atoms with Gasteiger partial charge in [0.2, 0.25) is 5.48 Å². The molecule has 5 heteroatoms. The van der Waals surface area contributed by atoms with Gasteiger partial charge in [0.05, 0.1) is 14.4 Å². The van der Waals surface area contributed by atoms with Crippen LogP contribution >= 0.6 is 7.77 Å². The fraction of sp³-hybridized carbons (Fsp3) is 0.933. The van der Waals surface area contributed by atoms with Gasteiger partial charge in [0.1, 0.15) is 6.16 Å². The summed E-state index contributed by atoms with van der Waals surface area (Å²) in [7, 11) is -1.91. The van der Waals surface area contributed by atoms with Crippen LogP contribution in [0.5, 0.6) is 0 Å². The second-order valence-electron chi connectivity index (χ2n) is 5.34. The van der Waals surface area contributed by atoms with E-state index in [1.165, 1.54) is 44.9 Å². The van der Waals surface area contributed by atoms with Crippen LogP contribution in [0.1, 0.15) is 71.1 Å². The van der Waals surface area contributed by atoms with Crippen molar-refractivity contribution in [3.05, 3.63) is 0 Å². The number of aliphatic hydroxyl groups is 3. The molecule has 120 valence electrons. The van der Waals surface area contributed by atoms with E-state index in [4.69, 9.17) is 10.2 Å². The maximum absolute atomic E-state index is 11.6. The van der Waals surface area contributed by atoms with E-state index in [9.17, 15) is 10.00 Å². The molecule has 2 atom stereocenters. The molecule has 0 heterocycles. The van der Waals surface area contributed by atoms with Gasteiger partial charge in [-0.1, -0.05) is 58.3 Å². The zero-order chi connectivity index (χ0) is 15.2. The first kappa shape index (κ1) is 20.0. The molecule has 0 saturated heterocycles. The van der Waals surface area contributed by atoms with E-state index >= 15 is 0 Å². The number of hydrogen-bond acceptors (Lipinski definition) is 3. The van der Waals surface area contributed by atoms with Crippen LogP contribution in [0.15, 0.2) is 0 Å². The Hall–Kier alpha value is 0.0100. The Balaban J connectivity index is 3.44. The van der Waals surface area contributed by atoms with Crippen LogP contribution in [0.3, 0.4) is 0 Å². The highest BCUT2D eigenvalue weighted by Crippen LogP contribution is 2.18. The highest BCUT2D eigenvalue weighted by molar-refractivity contribution is 7.51. The van der Waals surface area contributed by atoms with Gasteiger partial charge in [-0.05, 0) is 12.8 Å². The van der Waals surface area contributed by atoms with Gasteiger partial charge in [0.15, 0.2) is 6.10 Å². The minimum absolute atomic E-state index is 0.398. The smallest absolute Gasteiger partial charge is 0.249 e. The summed E-state index contributed by atoms with van der Waals surface area (Å²) in [6.45, 7) is 1.64. The molecule has 0 aromatic rings. The lowest BCUT2D eigenvalue weighted by molar-refractivity contribution is -0.153. The van der Waals surface area contributed by atoms with E-state index in [2.05, 4.69) is 6.92 Å². The van der Waals surface area contributed by atoms with Gasteiger partial charge in [-0.3, -0.25) is 0 Å². The van der Waals surface area contributed by atoms with Crippen molar-refractivity contribution in [2.24, 2.45) is 0 Å². The summed E-state index contributed by atoms with van der Waals surface area (Å²) in [5.41, 5.74) is -0.460. The maximum atomic E-state index is 11.6. The van der Waals surface area contributed by atoms with Crippen LogP contribution in [-0.2, 0) is 0 Å². The van der Waals surface area contributed by atoms with Crippen LogP contribution < -0.4 is 4.89 Å². The largest absolute Gasteiger partial charge is 0.629 e. The monoisotopic (exact) mass is 306 g/mol. The second-order valence-corrected chi connectivity index (χ2v) is 7.00. The van der Waals surface area contributed by atoms with Gasteiger partial charge < -0.3 is 20.2 Å². The van der Waals surface area contributed by atoms with Crippen LogP contribution in [0.2, 0.25) is 0 Å². The van der Waals surface area contributed by atoms with Crippen molar-refractivity contribution in [3.63, 3.8) is 0 Å². The van der Waals surface area contributed by atoms with Crippen molar-refractivity contribution in [3.8, 4) is 0 Å². The average molecular weight is 306 g/mol. The third kappa shape index (κ3) is 10.8. The molecule has 4 nitrogen and oxygen atoms in total. The maximum Gasteiger partial charge on any atom is 0.249 e. The van der Waals surface area contributed by atoms with Crippen LogP contribution in [-0.4, -0.2) is 39.7 Å². The summed E-state index contributed by atoms with van der Waals surface area (Å²) < 4.78 is 0. The number of aliphatic hydroxyl groups excluding tert-OH is 3. The molecule has 0 rings (SSSR count). The Morgan fingerprint density at radius 1 is 0.950 bits per heavy atom. The van der Waals surface area contributed by atoms with E-state index in [-0.39, 0.29) is 0 Å². The summed E-state index contributed by atoms with van der Waals surface area (Å²) in [6, 6.07) is 0. The predicted molar refractivity (Wildman–Crippen MR) is 83.7 cm³/mol. The number of hydrogen-bond donors (Lipinski definition) is 3. The lowest BCUT2D eigenvalue weighted by Gasteiger charge is -2.06. The predicted octanol–water partition coefficient (Wildman–Crippen LogP) is 2.52. The first-order chi connectivity index (χ1) is 9.63. The summed E-state index contributed by atoms with van der Waals surface area (Å²) in [6.07, 6.45) is 11.1. The SMILES string of the molecule is CCCCCCCCCCCC/[P+]([O-])=C(\O)C(O)CO. The van der Waals surface area contributed by atoms with Crippen LogP contribution in [0.25, 0.3) is 0 Å². The molecule has 20 heavy (non-hydrogen) atoms. The van der Waals surface area contributed by atoms with Crippen molar-refractivity contribution in [1.82, 2.24) is 0 Å². The fourth-order valence-corrected chi connectivity index (χ4v) is 3.26. The third-order valence-corrected chi connectivity index (χ3v) is 4.97. The summed E-state index contributed by atoms with van der Waals surface area (Å²) in [5, 5.41) is 27.1. The first-order valence-corrected chi connectivity index (χ1v) is 9.37. The molecule has 0 aliphatic rings. The molecule has 0 spiro atoms. The lowest BCUT2D eigenvalue weighted by Crippen LogP contribution is -2.25. The Labute approximate surface area is 124 Å². The van der Waals surface area contributed by atoms with Crippen molar-refractivity contribution < 1.29 is 20.2 Å². The minimum Gasteiger partial charge on any atom is -0.629 e. The Morgan fingerprint density at radius 2 is 1.40 bits per heavy atom. The molecule has 0 aliphatic heterocycles. The van der Waals surface area contributed by atoms with E-state index < -0.39 is 26.0 Å². The van der Waals surface area contributed by atoms with Crippen molar-refractivity contribution >= 4 is 13.3 Å². The van der Waals surface area contributed by atoms with Gasteiger partial charge in [0.25, 0.3) is 0 Å². The van der Waals surface area contributed by atoms with Gasteiger partial charge in [-0.2, -0.15) is 0 Å². The highest BCUT2D eigenvalue weighted by atomic mass is 31.1. The highest BCUT2D eigenvalue weighted by Gasteiger charge is 2.16. The molecular formula is C15H31O4P. The fourth-order valence-electron chi connectivity index (χ4n) is 2.11. The quantitative estimate of drug-likeness (QED) is 0.360. The van der Waals surface area contributed by atoms with Gasteiger partial charge in [0, 0.05) is 0 Å². The van der Waals surface area contributed by atoms with E-state index in [0.717, 1.165) is 19.3 Å². The number of rotatable bonds is 13. The molecule has 0 fully saturated rings. The van der Waals surface area contributed by atoms with Gasteiger partial charge in [-0.15, -0.1) is 0 Å². The number of unbranched alkanes of at least 4 members (excludes halogenated alkanes) is 9. The lowest BCUT2D eigenvalue weighted by atomic mass is 10.1. The second kappa shape index (κ2) is 14.0. The van der Waals surface area contributed by atoms with Crippen molar-refractivity contribution in [2.75, 3.05) is 12.8 Å². The van der Waals surface area contributed by atoms with Crippen LogP contribution in [0.4, 0.5) is 0 Å². The minimum atomic E-state index is -1.91. The normalized spacial score (nSPS) is 14.2. The zero-order valence-electron chi connectivity index (χ0n) is 12.8. The van der Waals surface area contributed by atoms with Crippen molar-refractivity contribution in [1.29, 1.82) is 0 Å². The molecular weight excluding hydrogens is 275 g/mol. The standard InChI is InChI=1S/C15H31O4P/c1-2-3-4-5-6-7-8-9-10-11-12-20(19)15(18)14(17)13-16/h14,16-18H,2-13H2,1H3. The molecule has 0 amide bonds. The third-order valence-electron chi connectivity index (χ3n) is 3.44. The first-order valence-electron chi connectivity index (χ1n) is 7.92. The van der Waals surface area contributed by atoms with Gasteiger partial charge in [-0.25, -0.2) is 0 Å². The topological polar surface area (TPSA) is 83.8 Å². The van der Waals surface area contributed by atoms with Crippen molar-refractivity contribution in [2.45, 2.75) is 77.2 Å². The molecule has 0 saturated carbocycles. The zero-order valence-corrected chi connectivity index (χ0v) is 13.7. The Kier molecular flexibility index (Phi) is 14.0. The molecule has 0 aromatic carbocycles. The van der Waals surface area contributed by atoms with Crippen LogP contribution in [0, 0.1) is 0 Å². The van der Waals surface area contributed by atoms with E-state index in [0.29, 0.717) is 6.16 Å². The summed E-state index contributed by atoms with van der Waals surface area (Å²) in [4.78, 5) is 11.6. The Morgan fingerprint density at radius 3 is 1.85 bits per heavy atom. The summed E-state index contributed by atoms with van der Waals surface area (Å²) >= 11 is 0. The molecule has 0 bridgehead atoms.